The highest BCUT2D eigenvalue weighted by Gasteiger charge is 2.22. The smallest absolute Gasteiger partial charge is 0.291 e. The number of ketones is 1. The van der Waals surface area contributed by atoms with Crippen LogP contribution in [0.1, 0.15) is 27.2 Å². The second-order valence-electron chi connectivity index (χ2n) is 5.64. The lowest BCUT2D eigenvalue weighted by Crippen LogP contribution is -2.28. The van der Waals surface area contributed by atoms with Gasteiger partial charge in [0.25, 0.3) is 5.56 Å². The number of nitriles is 1. The molecule has 3 rings (SSSR count). The number of aromatic nitrogens is 2. The van der Waals surface area contributed by atoms with Crippen LogP contribution in [0.5, 0.6) is 0 Å². The Kier molecular flexibility index (Phi) is 4.57. The molecule has 0 aliphatic carbocycles. The van der Waals surface area contributed by atoms with E-state index in [2.05, 4.69) is 5.10 Å². The molecule has 0 aliphatic rings. The van der Waals surface area contributed by atoms with Crippen molar-refractivity contribution in [3.63, 3.8) is 0 Å². The maximum absolute atomic E-state index is 12.8. The van der Waals surface area contributed by atoms with Crippen molar-refractivity contribution >= 4 is 23.1 Å². The second kappa shape index (κ2) is 6.82. The molecular formula is C19H13ClN4O2. The quantitative estimate of drug-likeness (QED) is 0.720. The predicted octanol–water partition coefficient (Wildman–Crippen LogP) is 2.88. The number of halogens is 1. The van der Waals surface area contributed by atoms with Gasteiger partial charge in [0.15, 0.2) is 5.69 Å². The van der Waals surface area contributed by atoms with Crippen LogP contribution in [0, 0.1) is 18.3 Å². The van der Waals surface area contributed by atoms with Gasteiger partial charge in [-0.25, -0.2) is 0 Å². The van der Waals surface area contributed by atoms with Crippen molar-refractivity contribution in [1.29, 1.82) is 5.26 Å². The minimum atomic E-state index is -0.679. The molecule has 0 atom stereocenters. The summed E-state index contributed by atoms with van der Waals surface area (Å²) in [4.78, 5) is 25.3. The van der Waals surface area contributed by atoms with Gasteiger partial charge >= 0.3 is 0 Å². The number of hydrogen-bond acceptors (Lipinski definition) is 5. The molecule has 0 saturated carbocycles. The van der Waals surface area contributed by atoms with Crippen LogP contribution in [0.25, 0.3) is 5.69 Å². The third-order valence-corrected chi connectivity index (χ3v) is 4.09. The van der Waals surface area contributed by atoms with E-state index in [0.29, 0.717) is 16.3 Å². The summed E-state index contributed by atoms with van der Waals surface area (Å²) in [5.74, 6) is -0.503. The van der Waals surface area contributed by atoms with E-state index >= 15 is 0 Å². The van der Waals surface area contributed by atoms with Crippen LogP contribution in [0.2, 0.25) is 5.02 Å². The first-order chi connectivity index (χ1) is 12.4. The summed E-state index contributed by atoms with van der Waals surface area (Å²) in [6, 6.07) is 14.9. The Bertz CT molecular complexity index is 1090. The number of carbonyl (C=O) groups is 1. The maximum atomic E-state index is 12.8. The Morgan fingerprint density at radius 2 is 1.77 bits per heavy atom. The Labute approximate surface area is 154 Å². The van der Waals surface area contributed by atoms with E-state index in [1.54, 1.807) is 42.5 Å². The standard InChI is InChI=1S/C19H13ClN4O2/c1-11-2-8-14(9-3-11)24-19(26)15(10-21)16(22)17(23-24)18(25)12-4-6-13(20)7-5-12/h2-9H,22H2,1H3. The molecule has 0 bridgehead atoms. The molecule has 0 aliphatic heterocycles. The van der Waals surface area contributed by atoms with Crippen molar-refractivity contribution in [3.8, 4) is 11.8 Å². The monoisotopic (exact) mass is 364 g/mol. The molecule has 26 heavy (non-hydrogen) atoms. The predicted molar refractivity (Wildman–Crippen MR) is 98.6 cm³/mol. The molecule has 0 spiro atoms. The van der Waals surface area contributed by atoms with Crippen LogP contribution in [-0.2, 0) is 0 Å². The Balaban J connectivity index is 2.23. The molecule has 128 valence electrons. The number of nitrogens with zero attached hydrogens (tertiary/aromatic N) is 3. The molecule has 1 heterocycles. The first-order valence-electron chi connectivity index (χ1n) is 7.62. The van der Waals surface area contributed by atoms with Crippen molar-refractivity contribution in [3.05, 3.63) is 86.3 Å². The van der Waals surface area contributed by atoms with Crippen LogP contribution in [-0.4, -0.2) is 15.6 Å². The number of carbonyl (C=O) groups excluding carboxylic acids is 1. The van der Waals surface area contributed by atoms with E-state index in [4.69, 9.17) is 17.3 Å². The minimum Gasteiger partial charge on any atom is -0.396 e. The van der Waals surface area contributed by atoms with Gasteiger partial charge < -0.3 is 5.73 Å². The summed E-state index contributed by atoms with van der Waals surface area (Å²) in [5, 5.41) is 13.9. The fourth-order valence-corrected chi connectivity index (χ4v) is 2.54. The second-order valence-corrected chi connectivity index (χ2v) is 6.07. The van der Waals surface area contributed by atoms with E-state index in [-0.39, 0.29) is 16.9 Å². The van der Waals surface area contributed by atoms with Crippen molar-refractivity contribution in [2.45, 2.75) is 6.92 Å². The van der Waals surface area contributed by atoms with Gasteiger partial charge in [0, 0.05) is 10.6 Å². The van der Waals surface area contributed by atoms with Gasteiger partial charge in [0.05, 0.1) is 11.4 Å². The Hall–Kier alpha value is -3.43. The first kappa shape index (κ1) is 17.4. The third kappa shape index (κ3) is 3.08. The van der Waals surface area contributed by atoms with Crippen LogP contribution in [0.3, 0.4) is 0 Å². The summed E-state index contributed by atoms with van der Waals surface area (Å²) < 4.78 is 1.01. The summed E-state index contributed by atoms with van der Waals surface area (Å²) in [7, 11) is 0. The van der Waals surface area contributed by atoms with E-state index < -0.39 is 11.3 Å². The topological polar surface area (TPSA) is 102 Å². The van der Waals surface area contributed by atoms with Crippen LogP contribution in [0.15, 0.2) is 53.3 Å². The van der Waals surface area contributed by atoms with Gasteiger partial charge in [-0.05, 0) is 43.3 Å². The van der Waals surface area contributed by atoms with Gasteiger partial charge in [-0.1, -0.05) is 29.3 Å². The SMILES string of the molecule is Cc1ccc(-n2nc(C(=O)c3ccc(Cl)cc3)c(N)c(C#N)c2=O)cc1. The number of anilines is 1. The zero-order chi connectivity index (χ0) is 18.8. The zero-order valence-corrected chi connectivity index (χ0v) is 14.5. The van der Waals surface area contributed by atoms with Gasteiger partial charge in [0.1, 0.15) is 11.6 Å². The van der Waals surface area contributed by atoms with Crippen LogP contribution in [0.4, 0.5) is 5.69 Å². The molecule has 0 fully saturated rings. The highest BCUT2D eigenvalue weighted by Crippen LogP contribution is 2.19. The van der Waals surface area contributed by atoms with E-state index in [1.165, 1.54) is 12.1 Å². The summed E-state index contributed by atoms with van der Waals surface area (Å²) in [6.45, 7) is 1.90. The van der Waals surface area contributed by atoms with Crippen molar-refractivity contribution in [2.75, 3.05) is 5.73 Å². The molecule has 3 aromatic rings. The molecule has 1 aromatic heterocycles. The third-order valence-electron chi connectivity index (χ3n) is 3.84. The molecule has 0 amide bonds. The average molecular weight is 365 g/mol. The largest absolute Gasteiger partial charge is 0.396 e. The summed E-state index contributed by atoms with van der Waals surface area (Å²) in [5.41, 5.74) is 6.22. The number of nitrogens with two attached hydrogens (primary N) is 1. The number of benzene rings is 2. The summed E-state index contributed by atoms with van der Waals surface area (Å²) >= 11 is 5.84. The molecule has 6 nitrogen and oxygen atoms in total. The highest BCUT2D eigenvalue weighted by atomic mass is 35.5. The summed E-state index contributed by atoms with van der Waals surface area (Å²) in [6.07, 6.45) is 0. The number of aryl methyl sites for hydroxylation is 1. The van der Waals surface area contributed by atoms with Gasteiger partial charge in [-0.3, -0.25) is 9.59 Å². The number of rotatable bonds is 3. The molecular weight excluding hydrogens is 352 g/mol. The Morgan fingerprint density at radius 1 is 1.15 bits per heavy atom. The normalized spacial score (nSPS) is 10.3. The van der Waals surface area contributed by atoms with E-state index in [1.807, 2.05) is 6.92 Å². The lowest BCUT2D eigenvalue weighted by molar-refractivity contribution is 0.103. The fraction of sp³-hybridized carbons (Fsp3) is 0.0526. The lowest BCUT2D eigenvalue weighted by atomic mass is 10.1. The van der Waals surface area contributed by atoms with Gasteiger partial charge in [0.2, 0.25) is 5.78 Å². The van der Waals surface area contributed by atoms with Crippen LogP contribution >= 0.6 is 11.6 Å². The molecule has 0 saturated heterocycles. The molecule has 2 aromatic carbocycles. The lowest BCUT2D eigenvalue weighted by Gasteiger charge is -2.11. The minimum absolute atomic E-state index is 0.163. The molecule has 0 unspecified atom stereocenters. The van der Waals surface area contributed by atoms with Crippen molar-refractivity contribution in [1.82, 2.24) is 9.78 Å². The number of nitrogen functional groups attached to an aromatic ring is 1. The van der Waals surface area contributed by atoms with Gasteiger partial charge in [-0.15, -0.1) is 0 Å². The zero-order valence-electron chi connectivity index (χ0n) is 13.7. The van der Waals surface area contributed by atoms with E-state index in [9.17, 15) is 14.9 Å². The van der Waals surface area contributed by atoms with Crippen LogP contribution < -0.4 is 11.3 Å². The van der Waals surface area contributed by atoms with Crippen molar-refractivity contribution in [2.24, 2.45) is 0 Å². The fourth-order valence-electron chi connectivity index (χ4n) is 2.41. The first-order valence-corrected chi connectivity index (χ1v) is 8.00. The van der Waals surface area contributed by atoms with E-state index in [0.717, 1.165) is 10.2 Å². The van der Waals surface area contributed by atoms with Gasteiger partial charge in [-0.2, -0.15) is 15.0 Å². The number of hydrogen-bond donors (Lipinski definition) is 1. The molecule has 2 N–H and O–H groups in total. The van der Waals surface area contributed by atoms with Crippen molar-refractivity contribution < 1.29 is 4.79 Å². The highest BCUT2D eigenvalue weighted by molar-refractivity contribution is 6.30. The average Bonchev–Trinajstić information content (AvgIpc) is 2.63. The molecule has 0 radical (unpaired) electrons. The Morgan fingerprint density at radius 3 is 2.35 bits per heavy atom. The molecule has 7 heteroatoms. The maximum Gasteiger partial charge on any atom is 0.291 e.